The summed E-state index contributed by atoms with van der Waals surface area (Å²) < 4.78 is 6.75. The Morgan fingerprint density at radius 1 is 1.12 bits per heavy atom. The Labute approximate surface area is 151 Å². The molecule has 0 fully saturated rings. The minimum Gasteiger partial charge on any atom is -0.481 e. The van der Waals surface area contributed by atoms with Crippen LogP contribution in [0.15, 0.2) is 65.1 Å². The molecule has 4 heteroatoms. The first-order valence-corrected chi connectivity index (χ1v) is 8.88. The van der Waals surface area contributed by atoms with Crippen LogP contribution in [0.3, 0.4) is 0 Å². The molecule has 1 aliphatic rings. The van der Waals surface area contributed by atoms with Crippen molar-refractivity contribution < 1.29 is 9.53 Å². The molecule has 124 valence electrons. The third-order valence-corrected chi connectivity index (χ3v) is 4.67. The summed E-state index contributed by atoms with van der Waals surface area (Å²) in [6.45, 7) is 3.17. The molecule has 0 aromatic heterocycles. The van der Waals surface area contributed by atoms with Crippen LogP contribution < -0.4 is 4.74 Å². The maximum Gasteiger partial charge on any atom is 0.263 e. The minimum absolute atomic E-state index is 0.0290. The molecule has 1 atom stereocenters. The van der Waals surface area contributed by atoms with Gasteiger partial charge in [0.1, 0.15) is 5.75 Å². The van der Waals surface area contributed by atoms with E-state index in [-0.39, 0.29) is 5.91 Å². The van der Waals surface area contributed by atoms with Gasteiger partial charge < -0.3 is 9.64 Å². The molecule has 1 amide bonds. The molecule has 0 saturated heterocycles. The van der Waals surface area contributed by atoms with E-state index in [0.717, 1.165) is 17.4 Å². The van der Waals surface area contributed by atoms with Crippen LogP contribution >= 0.6 is 15.9 Å². The predicted molar refractivity (Wildman–Crippen MR) is 99.8 cm³/mol. The zero-order valence-corrected chi connectivity index (χ0v) is 15.2. The zero-order valence-electron chi connectivity index (χ0n) is 13.6. The van der Waals surface area contributed by atoms with Crippen LogP contribution in [0, 0.1) is 0 Å². The maximum absolute atomic E-state index is 12.6. The number of rotatable bonds is 4. The van der Waals surface area contributed by atoms with E-state index < -0.39 is 6.10 Å². The number of carbonyl (C=O) groups is 1. The van der Waals surface area contributed by atoms with Gasteiger partial charge in [-0.1, -0.05) is 52.3 Å². The molecule has 0 radical (unpaired) electrons. The number of nitrogens with zero attached hydrogens (tertiary/aromatic N) is 1. The van der Waals surface area contributed by atoms with Crippen LogP contribution in [-0.4, -0.2) is 30.0 Å². The number of ether oxygens (including phenoxy) is 1. The third kappa shape index (κ3) is 4.06. The molecule has 2 aromatic carbocycles. The summed E-state index contributed by atoms with van der Waals surface area (Å²) in [4.78, 5) is 14.4. The summed E-state index contributed by atoms with van der Waals surface area (Å²) >= 11 is 3.39. The van der Waals surface area contributed by atoms with Crippen molar-refractivity contribution in [3.63, 3.8) is 0 Å². The largest absolute Gasteiger partial charge is 0.481 e. The Morgan fingerprint density at radius 3 is 2.46 bits per heavy atom. The highest BCUT2D eigenvalue weighted by atomic mass is 79.9. The highest BCUT2D eigenvalue weighted by molar-refractivity contribution is 9.10. The van der Waals surface area contributed by atoms with Crippen molar-refractivity contribution in [1.29, 1.82) is 0 Å². The van der Waals surface area contributed by atoms with Crippen LogP contribution in [0.2, 0.25) is 0 Å². The van der Waals surface area contributed by atoms with E-state index in [1.54, 1.807) is 6.92 Å². The average Bonchev–Trinajstić information content (AvgIpc) is 2.64. The molecule has 0 bridgehead atoms. The van der Waals surface area contributed by atoms with Crippen molar-refractivity contribution in [3.05, 3.63) is 70.7 Å². The van der Waals surface area contributed by atoms with Crippen LogP contribution in [-0.2, 0) is 4.79 Å². The monoisotopic (exact) mass is 385 g/mol. The number of benzene rings is 2. The van der Waals surface area contributed by atoms with E-state index in [0.29, 0.717) is 12.3 Å². The van der Waals surface area contributed by atoms with Gasteiger partial charge in [0.05, 0.1) is 0 Å². The van der Waals surface area contributed by atoms with Gasteiger partial charge in [-0.05, 0) is 48.7 Å². The summed E-state index contributed by atoms with van der Waals surface area (Å²) in [5.41, 5.74) is 2.55. The second kappa shape index (κ2) is 7.67. The molecule has 0 spiro atoms. The van der Waals surface area contributed by atoms with Gasteiger partial charge in [-0.15, -0.1) is 0 Å². The number of amides is 1. The van der Waals surface area contributed by atoms with Crippen LogP contribution in [0.4, 0.5) is 0 Å². The highest BCUT2D eigenvalue weighted by Gasteiger charge is 2.24. The van der Waals surface area contributed by atoms with Gasteiger partial charge in [-0.25, -0.2) is 0 Å². The summed E-state index contributed by atoms with van der Waals surface area (Å²) in [5.74, 6) is 0.734. The normalized spacial score (nSPS) is 15.6. The molecular weight excluding hydrogens is 366 g/mol. The van der Waals surface area contributed by atoms with Crippen molar-refractivity contribution in [2.75, 3.05) is 13.1 Å². The molecular formula is C20H20BrNO2. The van der Waals surface area contributed by atoms with Crippen molar-refractivity contribution >= 4 is 27.4 Å². The summed E-state index contributed by atoms with van der Waals surface area (Å²) in [6.07, 6.45) is 2.53. The second-order valence-electron chi connectivity index (χ2n) is 5.84. The molecule has 1 aliphatic heterocycles. The predicted octanol–water partition coefficient (Wildman–Crippen LogP) is 4.53. The van der Waals surface area contributed by atoms with Gasteiger partial charge in [-0.3, -0.25) is 4.79 Å². The fourth-order valence-corrected chi connectivity index (χ4v) is 3.07. The Bertz CT molecular complexity index is 725. The van der Waals surface area contributed by atoms with E-state index in [1.165, 1.54) is 11.1 Å². The topological polar surface area (TPSA) is 29.5 Å². The summed E-state index contributed by atoms with van der Waals surface area (Å²) in [7, 11) is 0. The van der Waals surface area contributed by atoms with Crippen LogP contribution in [0.1, 0.15) is 18.9 Å². The molecule has 0 aliphatic carbocycles. The van der Waals surface area contributed by atoms with E-state index >= 15 is 0 Å². The lowest BCUT2D eigenvalue weighted by atomic mass is 9.99. The van der Waals surface area contributed by atoms with Gasteiger partial charge in [-0.2, -0.15) is 0 Å². The van der Waals surface area contributed by atoms with Gasteiger partial charge >= 0.3 is 0 Å². The van der Waals surface area contributed by atoms with Gasteiger partial charge in [0.2, 0.25) is 0 Å². The molecule has 24 heavy (non-hydrogen) atoms. The Kier molecular flexibility index (Phi) is 5.36. The third-order valence-electron chi connectivity index (χ3n) is 4.14. The fourth-order valence-electron chi connectivity index (χ4n) is 2.81. The first-order chi connectivity index (χ1) is 11.6. The lowest BCUT2D eigenvalue weighted by Gasteiger charge is -2.29. The molecule has 3 nitrogen and oxygen atoms in total. The number of hydrogen-bond donors (Lipinski definition) is 0. The summed E-state index contributed by atoms with van der Waals surface area (Å²) in [6, 6.07) is 17.9. The van der Waals surface area contributed by atoms with Crippen molar-refractivity contribution in [2.45, 2.75) is 19.4 Å². The Morgan fingerprint density at radius 2 is 1.83 bits per heavy atom. The van der Waals surface area contributed by atoms with Gasteiger partial charge in [0.15, 0.2) is 6.10 Å². The second-order valence-corrected chi connectivity index (χ2v) is 6.76. The molecule has 0 unspecified atom stereocenters. The van der Waals surface area contributed by atoms with Crippen molar-refractivity contribution in [1.82, 2.24) is 4.90 Å². The number of carbonyl (C=O) groups excluding carboxylic acids is 1. The minimum atomic E-state index is -0.488. The quantitative estimate of drug-likeness (QED) is 0.773. The Balaban J connectivity index is 1.60. The first-order valence-electron chi connectivity index (χ1n) is 8.09. The summed E-state index contributed by atoms with van der Waals surface area (Å²) in [5, 5.41) is 0. The molecule has 3 rings (SSSR count). The van der Waals surface area contributed by atoms with Crippen LogP contribution in [0.5, 0.6) is 5.75 Å². The van der Waals surface area contributed by atoms with Crippen molar-refractivity contribution in [3.8, 4) is 5.75 Å². The number of halogens is 1. The molecule has 0 N–H and O–H groups in total. The molecule has 0 saturated carbocycles. The van der Waals surface area contributed by atoms with Gasteiger partial charge in [0.25, 0.3) is 5.91 Å². The standard InChI is InChI=1S/C20H20BrNO2/c1-15(24-19-9-7-18(21)8-10-19)20(23)22-13-11-17(12-14-22)16-5-3-2-4-6-16/h2-11,15H,12-14H2,1H3/t15-/m1/s1. The lowest BCUT2D eigenvalue weighted by Crippen LogP contribution is -2.42. The Hall–Kier alpha value is -2.07. The maximum atomic E-state index is 12.6. The SMILES string of the molecule is C[C@@H](Oc1ccc(Br)cc1)C(=O)N1CC=C(c2ccccc2)CC1. The zero-order chi connectivity index (χ0) is 16.9. The van der Waals surface area contributed by atoms with E-state index in [4.69, 9.17) is 4.74 Å². The smallest absolute Gasteiger partial charge is 0.263 e. The van der Waals surface area contributed by atoms with E-state index in [9.17, 15) is 4.79 Å². The van der Waals surface area contributed by atoms with E-state index in [1.807, 2.05) is 47.4 Å². The van der Waals surface area contributed by atoms with E-state index in [2.05, 4.69) is 34.1 Å². The average molecular weight is 386 g/mol. The number of hydrogen-bond acceptors (Lipinski definition) is 2. The van der Waals surface area contributed by atoms with Crippen LogP contribution in [0.25, 0.3) is 5.57 Å². The first kappa shape index (κ1) is 16.8. The lowest BCUT2D eigenvalue weighted by molar-refractivity contribution is -0.137. The fraction of sp³-hybridized carbons (Fsp3) is 0.250. The molecule has 1 heterocycles. The molecule has 2 aromatic rings. The van der Waals surface area contributed by atoms with Crippen molar-refractivity contribution in [2.24, 2.45) is 0 Å². The highest BCUT2D eigenvalue weighted by Crippen LogP contribution is 2.23. The van der Waals surface area contributed by atoms with Gasteiger partial charge in [0, 0.05) is 17.6 Å².